The average molecular weight is 2330 g/mol. The zero-order valence-corrected chi connectivity index (χ0v) is 95.9. The molecule has 0 radical (unpaired) electrons. The minimum atomic E-state index is -1.21. The Morgan fingerprint density at radius 2 is 0.847 bits per heavy atom. The van der Waals surface area contributed by atoms with Crippen molar-refractivity contribution >= 4 is 124 Å². The first-order valence-electron chi connectivity index (χ1n) is 51.6. The van der Waals surface area contributed by atoms with Crippen molar-refractivity contribution in [3.05, 3.63) is 450 Å². The number of rotatable bonds is 8. The summed E-state index contributed by atoms with van der Waals surface area (Å²) in [4.78, 5) is 46.5. The van der Waals surface area contributed by atoms with Crippen molar-refractivity contribution in [1.29, 1.82) is 15.9 Å². The van der Waals surface area contributed by atoms with Crippen molar-refractivity contribution in [1.82, 2.24) is 10.5 Å². The summed E-state index contributed by atoms with van der Waals surface area (Å²) in [6.45, 7) is 16.2. The number of hydrogen-bond acceptors (Lipinski definition) is 14. The van der Waals surface area contributed by atoms with Crippen molar-refractivity contribution in [3.63, 3.8) is 0 Å². The Kier molecular flexibility index (Phi) is 47.0. The van der Waals surface area contributed by atoms with E-state index < -0.39 is 33.8 Å². The fraction of sp³-hybridized carbons (Fsp3) is 0.312. The van der Waals surface area contributed by atoms with Crippen LogP contribution in [0.3, 0.4) is 0 Å². The number of nitrogens with zero attached hydrogens (tertiary/aromatic N) is 6. The van der Waals surface area contributed by atoms with Crippen LogP contribution in [-0.4, -0.2) is 83.8 Å². The predicted molar refractivity (Wildman–Crippen MR) is 630 cm³/mol. The van der Waals surface area contributed by atoms with E-state index in [9.17, 15) is 10.1 Å². The molecule has 9 aliphatic rings. The number of nitrogens with one attached hydrogen (secondary N) is 2. The molecule has 8 aliphatic carbocycles. The molecule has 1 heterocycles. The number of carbonyl (C=O) groups is 3. The quantitative estimate of drug-likeness (QED) is 0.0121. The number of benzene rings is 13. The molecule has 1 unspecified atom stereocenters. The van der Waals surface area contributed by atoms with Crippen LogP contribution in [-0.2, 0) is 136 Å². The molecule has 1 aliphatic heterocycles. The van der Waals surface area contributed by atoms with Crippen LogP contribution in [0.1, 0.15) is 195 Å². The maximum atomic E-state index is 12.9. The van der Waals surface area contributed by atoms with E-state index in [-0.39, 0.29) is 60.4 Å². The number of nitriles is 2. The summed E-state index contributed by atoms with van der Waals surface area (Å²) in [7, 11) is 1.63. The average Bonchev–Trinajstić information content (AvgIpc) is 1.53. The summed E-state index contributed by atoms with van der Waals surface area (Å²) in [6, 6.07) is 121. The van der Waals surface area contributed by atoms with Gasteiger partial charge in [-0.25, -0.2) is 20.4 Å². The third kappa shape index (κ3) is 32.2. The Hall–Kier alpha value is -11.8. The Bertz CT molecular complexity index is 6600. The normalized spacial score (nSPS) is 16.7. The van der Waals surface area contributed by atoms with E-state index in [2.05, 4.69) is 415 Å². The molecule has 22 rings (SSSR count). The van der Waals surface area contributed by atoms with E-state index in [1.165, 1.54) is 127 Å². The van der Waals surface area contributed by atoms with Gasteiger partial charge in [-0.15, -0.1) is 12.4 Å². The summed E-state index contributed by atoms with van der Waals surface area (Å²) in [5, 5.41) is 55.4. The number of hydroxylamine groups is 3. The van der Waals surface area contributed by atoms with Gasteiger partial charge in [-0.3, -0.25) is 19.0 Å². The standard InChI is InChI=1S/C21H23N3O.C21H25N.C20H18N2.C19H18O.C18H15P.C12H13N.C7H6BrI.C5H11NSi.2C2H4O2.CH5NO.ClH.Pd/c1-24-19(22)23-21(25-24)18-9-5-4-8-17(18)14-20(21)12-10-15-6-2-3-7-16(15)11-13-20;1-16-7-3-4-10-20(16)15-21(17(2)22)13-11-18-8-5-6-9-19(18)12-14-21;21-14-22-19-18-8-4-3-7-17(18)13-20(19)11-9-15-5-1-2-6-16(15)10-12-20;20-18-17-8-4-3-7-16(17)13-19(18)11-9-14-5-1-2-6-15(14)10-12-19;1-4-10-16(11-5-1)19(17-12-6-2-7-13-17)18-14-8-3-9-15-18;13-9-10-5-7-11-3-1-2-4-12(11)8-6-10;8-5-6-3-1-2-4-7(6)9;1-5-6-7(2,3)4;2*1-2(3)4;1-2-3;;/h2-9H,10-14H2,1H3,(H2,22,23);3-10,22H,11-15H2,1-2H3;1-8H,9-13H2;1-8H,9-13H2;1-15H;1-4,10H,5-8H2;1-4H,5H2;1H2,2-4H3;2*1H3,(H,3,4);2-3H,1H3;1H;. The van der Waals surface area contributed by atoms with Gasteiger partial charge in [0.1, 0.15) is 0 Å². The van der Waals surface area contributed by atoms with Gasteiger partial charge in [0.05, 0.1) is 11.8 Å². The summed E-state index contributed by atoms with van der Waals surface area (Å²) in [5.74, 6) is 2.01. The number of guanidine groups is 1. The van der Waals surface area contributed by atoms with Crippen LogP contribution in [0.15, 0.2) is 355 Å². The van der Waals surface area contributed by atoms with Gasteiger partial charge in [0.25, 0.3) is 11.9 Å². The molecule has 0 amide bonds. The Morgan fingerprint density at radius 1 is 0.513 bits per heavy atom. The van der Waals surface area contributed by atoms with Gasteiger partial charge in [-0.1, -0.05) is 344 Å². The molecule has 1 atom stereocenters. The SMILES string of the molecule is BrCc1ccccc1I.C=C=N[Si](C)(C)C.CC(=N)C1(Cc2ccccc2C)CCc2ccccc2CC1.CC(=O)O.CC(=O)O.CN1OC2(N=C1N)c1ccccc1CC21CCc2ccccc2CC1.CNO.Cl.N#CC1CCc2ccccc2CC1.N#CN=C1c2ccccc2CC12CCc1ccccc1CC2.O=C1c2ccccc2CC12CCc1ccccc1CC2.[Pd].c1ccc(P(c2ccccc2)c2ccccc2)cc1. The van der Waals surface area contributed by atoms with Crippen molar-refractivity contribution in [2.45, 2.75) is 212 Å². The molecule has 0 saturated carbocycles. The minimum Gasteiger partial charge on any atom is -0.481 e. The van der Waals surface area contributed by atoms with Crippen LogP contribution in [0, 0.1) is 66.3 Å². The number of aliphatic carboxylic acids is 2. The summed E-state index contributed by atoms with van der Waals surface area (Å²) in [6.07, 6.45) is 27.3. The number of aliphatic imine (C=N–C) groups is 2. The number of aryl methyl sites for hydroxylation is 11. The molecule has 150 heavy (non-hydrogen) atoms. The number of carboxylic acid groups (broad SMARTS) is 2. The molecule has 782 valence electrons. The number of Topliss-reactive ketones (excluding diaryl/α,β-unsaturated/α-hetero) is 1. The van der Waals surface area contributed by atoms with Crippen LogP contribution in [0.2, 0.25) is 19.6 Å². The predicted octanol–water partition coefficient (Wildman–Crippen LogP) is 27.6. The second-order valence-electron chi connectivity index (χ2n) is 40.5. The van der Waals surface area contributed by atoms with Crippen molar-refractivity contribution < 1.29 is 55.1 Å². The minimum absolute atomic E-state index is 0. The fourth-order valence-corrected chi connectivity index (χ4v) is 26.3. The van der Waals surface area contributed by atoms with Gasteiger partial charge in [0.15, 0.2) is 14.0 Å². The van der Waals surface area contributed by atoms with Gasteiger partial charge in [-0.2, -0.15) is 15.5 Å². The van der Waals surface area contributed by atoms with Gasteiger partial charge < -0.3 is 26.6 Å². The van der Waals surface area contributed by atoms with Crippen LogP contribution >= 0.6 is 58.8 Å². The maximum absolute atomic E-state index is 12.9. The van der Waals surface area contributed by atoms with Gasteiger partial charge in [0.2, 0.25) is 17.9 Å². The molecule has 13 aromatic rings. The molecular formula is C128H143BrClIN9O7PPdSi. The van der Waals surface area contributed by atoms with E-state index in [0.29, 0.717) is 11.7 Å². The van der Waals surface area contributed by atoms with Crippen LogP contribution < -0.4 is 27.1 Å². The van der Waals surface area contributed by atoms with E-state index in [4.69, 9.17) is 51.2 Å². The molecule has 16 nitrogen and oxygen atoms in total. The number of nitrogens with two attached hydrogens (primary N) is 1. The Balaban J connectivity index is 0.000000176. The first-order chi connectivity index (χ1) is 71.5. The number of halogens is 3. The van der Waals surface area contributed by atoms with Crippen molar-refractivity contribution in [2.75, 3.05) is 14.1 Å². The van der Waals surface area contributed by atoms with E-state index in [1.807, 2.05) is 32.2 Å². The first-order valence-corrected chi connectivity index (χ1v) is 58.5. The van der Waals surface area contributed by atoms with Crippen LogP contribution in [0.5, 0.6) is 0 Å². The van der Waals surface area contributed by atoms with Crippen molar-refractivity contribution in [3.8, 4) is 12.3 Å². The third-order valence-electron chi connectivity index (χ3n) is 29.7. The molecule has 7 N–H and O–H groups in total. The Labute approximate surface area is 933 Å². The number of fused-ring (bicyclic) bond motifs is 10. The number of ketones is 1. The number of carbonyl (C=O) groups excluding carboxylic acids is 1. The van der Waals surface area contributed by atoms with E-state index in [0.717, 1.165) is 190 Å². The smallest absolute Gasteiger partial charge is 0.300 e. The Morgan fingerprint density at radius 3 is 1.20 bits per heavy atom. The molecule has 0 aromatic heterocycles. The number of alkyl halides is 1. The van der Waals surface area contributed by atoms with Gasteiger partial charge in [-0.05, 0) is 342 Å². The van der Waals surface area contributed by atoms with Crippen molar-refractivity contribution in [2.24, 2.45) is 48.0 Å². The molecule has 22 heteroatoms. The monoisotopic (exact) mass is 2320 g/mol. The first kappa shape index (κ1) is 120. The van der Waals surface area contributed by atoms with Crippen LogP contribution in [0.25, 0.3) is 0 Å². The maximum Gasteiger partial charge on any atom is 0.300 e. The molecule has 0 saturated heterocycles. The molecule has 0 bridgehead atoms. The number of carboxylic acids is 2. The summed E-state index contributed by atoms with van der Waals surface area (Å²) < 4.78 is 5.36. The van der Waals surface area contributed by atoms with E-state index in [1.54, 1.807) is 10.5 Å². The molecular weight excluding hydrogens is 2180 g/mol. The second-order valence-corrected chi connectivity index (χ2v) is 49.0. The molecule has 0 fully saturated rings. The van der Waals surface area contributed by atoms with Gasteiger partial charge >= 0.3 is 0 Å². The zero-order chi connectivity index (χ0) is 106. The fourth-order valence-electron chi connectivity index (χ4n) is 22.0. The molecule has 13 aromatic carbocycles. The largest absolute Gasteiger partial charge is 0.481 e. The van der Waals surface area contributed by atoms with Crippen LogP contribution in [0.4, 0.5) is 0 Å². The van der Waals surface area contributed by atoms with E-state index >= 15 is 0 Å². The second kappa shape index (κ2) is 58.7. The zero-order valence-electron chi connectivity index (χ0n) is 87.9. The summed E-state index contributed by atoms with van der Waals surface area (Å²) in [5.41, 5.74) is 35.0. The number of hydrogen-bond donors (Lipinski definition) is 6. The topological polar surface area (TPSA) is 271 Å². The third-order valence-corrected chi connectivity index (χ3v) is 34.6. The molecule has 4 spiro atoms. The summed E-state index contributed by atoms with van der Waals surface area (Å²) >= 11 is 5.73. The van der Waals surface area contributed by atoms with Gasteiger partial charge in [0, 0.05) is 107 Å².